The summed E-state index contributed by atoms with van der Waals surface area (Å²) in [6, 6.07) is 0. The molecule has 1 aliphatic rings. The van der Waals surface area contributed by atoms with E-state index in [1.807, 2.05) is 0 Å². The molecule has 0 saturated heterocycles. The zero-order valence-corrected chi connectivity index (χ0v) is 9.65. The van der Waals surface area contributed by atoms with Crippen molar-refractivity contribution >= 4 is 0 Å². The molecule has 0 amide bonds. The van der Waals surface area contributed by atoms with Gasteiger partial charge < -0.3 is 4.74 Å². The van der Waals surface area contributed by atoms with Crippen LogP contribution >= 0.6 is 0 Å². The van der Waals surface area contributed by atoms with Crippen LogP contribution in [0.25, 0.3) is 0 Å². The van der Waals surface area contributed by atoms with Crippen LogP contribution in [0.3, 0.4) is 0 Å². The molecule has 0 heterocycles. The smallest absolute Gasteiger partial charge is 0.0522 e. The lowest BCUT2D eigenvalue weighted by atomic mass is 9.66. The maximum absolute atomic E-state index is 5.58. The van der Waals surface area contributed by atoms with Crippen molar-refractivity contribution in [2.75, 3.05) is 13.2 Å². The van der Waals surface area contributed by atoms with Gasteiger partial charge in [-0.15, -0.1) is 0 Å². The fourth-order valence-corrected chi connectivity index (χ4v) is 2.36. The molecule has 78 valence electrons. The van der Waals surface area contributed by atoms with Crippen LogP contribution < -0.4 is 0 Å². The van der Waals surface area contributed by atoms with Crippen molar-refractivity contribution < 1.29 is 4.74 Å². The Kier molecular flexibility index (Phi) is 3.39. The van der Waals surface area contributed by atoms with Crippen molar-refractivity contribution in [2.45, 2.75) is 53.4 Å². The summed E-state index contributed by atoms with van der Waals surface area (Å²) in [7, 11) is 0. The van der Waals surface area contributed by atoms with Crippen molar-refractivity contribution in [3.8, 4) is 0 Å². The van der Waals surface area contributed by atoms with Crippen LogP contribution in [0.2, 0.25) is 0 Å². The molecule has 0 atom stereocenters. The molecular weight excluding hydrogens is 160 g/mol. The fourth-order valence-electron chi connectivity index (χ4n) is 2.36. The van der Waals surface area contributed by atoms with E-state index in [4.69, 9.17) is 4.74 Å². The third kappa shape index (κ3) is 2.25. The van der Waals surface area contributed by atoms with Gasteiger partial charge in [-0.2, -0.15) is 0 Å². The first kappa shape index (κ1) is 11.0. The molecule has 1 rings (SSSR count). The molecule has 1 saturated carbocycles. The van der Waals surface area contributed by atoms with E-state index < -0.39 is 0 Å². The van der Waals surface area contributed by atoms with Crippen LogP contribution in [0.1, 0.15) is 53.4 Å². The summed E-state index contributed by atoms with van der Waals surface area (Å²) in [4.78, 5) is 0. The minimum absolute atomic E-state index is 0.347. The molecule has 0 aliphatic heterocycles. The molecular formula is C12H24O. The Morgan fingerprint density at radius 1 is 1.23 bits per heavy atom. The molecule has 0 aromatic heterocycles. The van der Waals surface area contributed by atoms with Gasteiger partial charge in [0.05, 0.1) is 6.61 Å². The van der Waals surface area contributed by atoms with Crippen LogP contribution in [-0.2, 0) is 4.74 Å². The molecule has 1 aliphatic carbocycles. The second-order valence-electron chi connectivity index (χ2n) is 5.29. The van der Waals surface area contributed by atoms with Gasteiger partial charge in [-0.25, -0.2) is 0 Å². The number of ether oxygens (including phenoxy) is 1. The second kappa shape index (κ2) is 4.00. The van der Waals surface area contributed by atoms with Gasteiger partial charge in [-0.1, -0.05) is 33.6 Å². The van der Waals surface area contributed by atoms with Gasteiger partial charge in [0.2, 0.25) is 0 Å². The molecule has 0 aromatic carbocycles. The number of hydrogen-bond donors (Lipinski definition) is 0. The highest BCUT2D eigenvalue weighted by Crippen LogP contribution is 2.50. The lowest BCUT2D eigenvalue weighted by Gasteiger charge is -2.41. The topological polar surface area (TPSA) is 9.23 Å². The zero-order chi connectivity index (χ0) is 9.95. The minimum Gasteiger partial charge on any atom is -0.381 e. The highest BCUT2D eigenvalue weighted by Gasteiger charge is 2.42. The predicted molar refractivity (Wildman–Crippen MR) is 56.8 cm³/mol. The van der Waals surface area contributed by atoms with Crippen molar-refractivity contribution in [3.05, 3.63) is 0 Å². The van der Waals surface area contributed by atoms with E-state index in [1.54, 1.807) is 0 Å². The van der Waals surface area contributed by atoms with Gasteiger partial charge in [0.1, 0.15) is 0 Å². The van der Waals surface area contributed by atoms with Crippen molar-refractivity contribution in [3.63, 3.8) is 0 Å². The first-order valence-electron chi connectivity index (χ1n) is 5.60. The third-order valence-electron chi connectivity index (χ3n) is 4.01. The first-order chi connectivity index (χ1) is 6.02. The van der Waals surface area contributed by atoms with Crippen molar-refractivity contribution in [1.29, 1.82) is 0 Å². The predicted octanol–water partition coefficient (Wildman–Crippen LogP) is 3.63. The highest BCUT2D eigenvalue weighted by molar-refractivity contribution is 4.92. The average molecular weight is 184 g/mol. The molecule has 0 radical (unpaired) electrons. The van der Waals surface area contributed by atoms with Crippen molar-refractivity contribution in [1.82, 2.24) is 0 Å². The Morgan fingerprint density at radius 3 is 2.23 bits per heavy atom. The van der Waals surface area contributed by atoms with Crippen LogP contribution in [0.4, 0.5) is 0 Å². The lowest BCUT2D eigenvalue weighted by molar-refractivity contribution is -0.0106. The summed E-state index contributed by atoms with van der Waals surface area (Å²) < 4.78 is 5.58. The van der Waals surface area contributed by atoms with Crippen LogP contribution in [0.15, 0.2) is 0 Å². The van der Waals surface area contributed by atoms with Crippen LogP contribution in [0.5, 0.6) is 0 Å². The Hall–Kier alpha value is -0.0400. The average Bonchev–Trinajstić information content (AvgIpc) is 2.50. The van der Waals surface area contributed by atoms with Crippen molar-refractivity contribution in [2.24, 2.45) is 10.8 Å². The first-order valence-corrected chi connectivity index (χ1v) is 5.60. The molecule has 13 heavy (non-hydrogen) atoms. The standard InChI is InChI=1S/C12H24O/c1-5-13-10-11(2,3)12(4)8-6-7-9-12/h5-10H2,1-4H3. The molecule has 0 bridgehead atoms. The monoisotopic (exact) mass is 184 g/mol. The normalized spacial score (nSPS) is 22.2. The van der Waals surface area contributed by atoms with Gasteiger partial charge in [0.15, 0.2) is 0 Å². The summed E-state index contributed by atoms with van der Waals surface area (Å²) in [6.07, 6.45) is 5.58. The lowest BCUT2D eigenvalue weighted by Crippen LogP contribution is -2.36. The summed E-state index contributed by atoms with van der Waals surface area (Å²) in [5.41, 5.74) is 0.863. The van der Waals surface area contributed by atoms with Gasteiger partial charge in [0, 0.05) is 6.61 Å². The zero-order valence-electron chi connectivity index (χ0n) is 9.65. The molecule has 1 heteroatoms. The number of rotatable bonds is 4. The SMILES string of the molecule is CCOCC(C)(C)C1(C)CCCC1. The third-order valence-corrected chi connectivity index (χ3v) is 4.01. The fraction of sp³-hybridized carbons (Fsp3) is 1.00. The quantitative estimate of drug-likeness (QED) is 0.648. The Balaban J connectivity index is 2.55. The van der Waals surface area contributed by atoms with E-state index in [2.05, 4.69) is 27.7 Å². The summed E-state index contributed by atoms with van der Waals surface area (Å²) in [6.45, 7) is 11.0. The van der Waals surface area contributed by atoms with E-state index >= 15 is 0 Å². The highest BCUT2D eigenvalue weighted by atomic mass is 16.5. The molecule has 1 nitrogen and oxygen atoms in total. The molecule has 0 spiro atoms. The Bertz CT molecular complexity index is 155. The number of hydrogen-bond acceptors (Lipinski definition) is 1. The second-order valence-corrected chi connectivity index (χ2v) is 5.29. The molecule has 1 fully saturated rings. The van der Waals surface area contributed by atoms with E-state index in [-0.39, 0.29) is 0 Å². The van der Waals surface area contributed by atoms with Gasteiger partial charge in [-0.05, 0) is 30.6 Å². The molecule has 0 unspecified atom stereocenters. The van der Waals surface area contributed by atoms with Gasteiger partial charge in [0.25, 0.3) is 0 Å². The molecule has 0 N–H and O–H groups in total. The van der Waals surface area contributed by atoms with E-state index in [9.17, 15) is 0 Å². The summed E-state index contributed by atoms with van der Waals surface area (Å²) in [5, 5.41) is 0. The van der Waals surface area contributed by atoms with Crippen LogP contribution in [0, 0.1) is 10.8 Å². The van der Waals surface area contributed by atoms with E-state index in [0.717, 1.165) is 13.2 Å². The minimum atomic E-state index is 0.347. The maximum atomic E-state index is 5.58. The van der Waals surface area contributed by atoms with Gasteiger partial charge in [-0.3, -0.25) is 0 Å². The maximum Gasteiger partial charge on any atom is 0.0522 e. The van der Waals surface area contributed by atoms with Gasteiger partial charge >= 0.3 is 0 Å². The Labute approximate surface area is 82.9 Å². The summed E-state index contributed by atoms with van der Waals surface area (Å²) in [5.74, 6) is 0. The summed E-state index contributed by atoms with van der Waals surface area (Å²) >= 11 is 0. The Morgan fingerprint density at radius 2 is 1.77 bits per heavy atom. The largest absolute Gasteiger partial charge is 0.381 e. The van der Waals surface area contributed by atoms with Crippen LogP contribution in [-0.4, -0.2) is 13.2 Å². The van der Waals surface area contributed by atoms with E-state index in [0.29, 0.717) is 10.8 Å². The molecule has 0 aromatic rings. The van der Waals surface area contributed by atoms with E-state index in [1.165, 1.54) is 25.7 Å².